The summed E-state index contributed by atoms with van der Waals surface area (Å²) in [6, 6.07) is 9.70. The van der Waals surface area contributed by atoms with Crippen molar-refractivity contribution in [3.63, 3.8) is 0 Å². The van der Waals surface area contributed by atoms with Crippen molar-refractivity contribution >= 4 is 15.6 Å². The summed E-state index contributed by atoms with van der Waals surface area (Å²) >= 11 is 0. The van der Waals surface area contributed by atoms with Crippen molar-refractivity contribution in [3.05, 3.63) is 35.9 Å². The van der Waals surface area contributed by atoms with Gasteiger partial charge in [-0.15, -0.1) is 0 Å². The zero-order valence-corrected chi connectivity index (χ0v) is 14.1. The summed E-state index contributed by atoms with van der Waals surface area (Å²) in [5.74, 6) is 0.434. The van der Waals surface area contributed by atoms with Gasteiger partial charge in [-0.25, -0.2) is 8.42 Å². The third-order valence-corrected chi connectivity index (χ3v) is 6.24. The van der Waals surface area contributed by atoms with Crippen molar-refractivity contribution in [2.75, 3.05) is 5.75 Å². The Morgan fingerprint density at radius 2 is 1.62 bits per heavy atom. The number of carbonyl (C=O) groups is 1. The second-order valence-electron chi connectivity index (χ2n) is 6.44. The number of ketones is 1. The third-order valence-electron chi connectivity index (χ3n) is 3.55. The fourth-order valence-electron chi connectivity index (χ4n) is 2.01. The van der Waals surface area contributed by atoms with Crippen LogP contribution < -0.4 is 0 Å². The molecule has 118 valence electrons. The van der Waals surface area contributed by atoms with Crippen molar-refractivity contribution in [1.82, 2.24) is 0 Å². The highest BCUT2D eigenvalue weighted by Crippen LogP contribution is 2.18. The van der Waals surface area contributed by atoms with E-state index >= 15 is 0 Å². The number of benzene rings is 1. The Kier molecular flexibility index (Phi) is 6.59. The minimum Gasteiger partial charge on any atom is -0.299 e. The summed E-state index contributed by atoms with van der Waals surface area (Å²) in [4.78, 5) is 11.8. The van der Waals surface area contributed by atoms with Gasteiger partial charge >= 0.3 is 0 Å². The Labute approximate surface area is 128 Å². The van der Waals surface area contributed by atoms with E-state index in [-0.39, 0.29) is 11.5 Å². The number of hydrogen-bond donors (Lipinski definition) is 0. The Hall–Kier alpha value is -1.16. The van der Waals surface area contributed by atoms with E-state index < -0.39 is 14.6 Å². The van der Waals surface area contributed by atoms with E-state index in [1.54, 1.807) is 20.8 Å². The number of rotatable bonds is 8. The molecule has 0 saturated heterocycles. The Morgan fingerprint density at radius 3 is 2.19 bits per heavy atom. The van der Waals surface area contributed by atoms with Crippen LogP contribution in [-0.4, -0.2) is 24.7 Å². The van der Waals surface area contributed by atoms with Crippen molar-refractivity contribution in [2.24, 2.45) is 0 Å². The van der Waals surface area contributed by atoms with Crippen LogP contribution in [-0.2, 0) is 21.1 Å². The number of sulfone groups is 1. The van der Waals surface area contributed by atoms with E-state index in [4.69, 9.17) is 0 Å². The number of carbonyl (C=O) groups excluding carboxylic acids is 1. The molecule has 4 heteroatoms. The van der Waals surface area contributed by atoms with Crippen LogP contribution in [0.4, 0.5) is 0 Å². The van der Waals surface area contributed by atoms with Crippen LogP contribution in [0.5, 0.6) is 0 Å². The van der Waals surface area contributed by atoms with Gasteiger partial charge < -0.3 is 0 Å². The molecular formula is C17H26O3S. The summed E-state index contributed by atoms with van der Waals surface area (Å²) < 4.78 is 23.2. The lowest BCUT2D eigenvalue weighted by molar-refractivity contribution is -0.118. The molecule has 0 bridgehead atoms. The summed E-state index contributed by atoms with van der Waals surface area (Å²) in [5, 5.41) is 0. The van der Waals surface area contributed by atoms with Gasteiger partial charge in [0, 0.05) is 12.8 Å². The van der Waals surface area contributed by atoms with Crippen LogP contribution in [0.3, 0.4) is 0 Å². The molecule has 0 spiro atoms. The third kappa shape index (κ3) is 6.42. The van der Waals surface area contributed by atoms with Crippen molar-refractivity contribution in [2.45, 2.75) is 57.6 Å². The Morgan fingerprint density at radius 1 is 1.00 bits per heavy atom. The van der Waals surface area contributed by atoms with Crippen LogP contribution in [0, 0.1) is 0 Å². The Balaban J connectivity index is 2.22. The number of hydrogen-bond acceptors (Lipinski definition) is 3. The molecule has 0 atom stereocenters. The van der Waals surface area contributed by atoms with Gasteiger partial charge in [0.25, 0.3) is 0 Å². The van der Waals surface area contributed by atoms with Crippen LogP contribution >= 0.6 is 0 Å². The van der Waals surface area contributed by atoms with Gasteiger partial charge in [-0.05, 0) is 39.2 Å². The van der Waals surface area contributed by atoms with E-state index in [9.17, 15) is 13.2 Å². The Bertz CT molecular complexity index is 539. The molecule has 0 amide bonds. The van der Waals surface area contributed by atoms with Crippen LogP contribution in [0.1, 0.15) is 52.0 Å². The summed E-state index contributed by atoms with van der Waals surface area (Å²) in [7, 11) is -3.03. The monoisotopic (exact) mass is 310 g/mol. The molecule has 0 heterocycles. The first kappa shape index (κ1) is 17.9. The highest BCUT2D eigenvalue weighted by Gasteiger charge is 2.27. The standard InChI is InChI=1S/C17H26O3S/c1-17(2,3)21(19,20)13-9-5-8-12-16(18)14-15-10-6-4-7-11-15/h4,6-7,10-11H,5,8-9,12-14H2,1-3H3. The van der Waals surface area contributed by atoms with E-state index in [0.29, 0.717) is 19.3 Å². The molecule has 0 aliphatic heterocycles. The van der Waals surface area contributed by atoms with Gasteiger partial charge in [0.05, 0.1) is 10.5 Å². The molecule has 0 unspecified atom stereocenters. The minimum absolute atomic E-state index is 0.212. The number of Topliss-reactive ketones (excluding diaryl/α,β-unsaturated/α-hetero) is 1. The van der Waals surface area contributed by atoms with Crippen molar-refractivity contribution in [1.29, 1.82) is 0 Å². The quantitative estimate of drug-likeness (QED) is 0.690. The largest absolute Gasteiger partial charge is 0.299 e. The summed E-state index contributed by atoms with van der Waals surface area (Å²) in [6.45, 7) is 5.18. The molecule has 0 aliphatic rings. The van der Waals surface area contributed by atoms with Gasteiger partial charge in [0.2, 0.25) is 0 Å². The topological polar surface area (TPSA) is 51.2 Å². The fourth-order valence-corrected chi connectivity index (χ4v) is 3.21. The summed E-state index contributed by atoms with van der Waals surface area (Å²) in [6.07, 6.45) is 3.20. The lowest BCUT2D eigenvalue weighted by atomic mass is 10.0. The predicted octanol–water partition coefficient (Wildman–Crippen LogP) is 3.57. The van der Waals surface area contributed by atoms with Crippen LogP contribution in [0.15, 0.2) is 30.3 Å². The van der Waals surface area contributed by atoms with Gasteiger partial charge in [-0.3, -0.25) is 4.79 Å². The molecule has 0 aliphatic carbocycles. The fraction of sp³-hybridized carbons (Fsp3) is 0.588. The van der Waals surface area contributed by atoms with Crippen LogP contribution in [0.2, 0.25) is 0 Å². The average molecular weight is 310 g/mol. The van der Waals surface area contributed by atoms with Crippen LogP contribution in [0.25, 0.3) is 0 Å². The second-order valence-corrected chi connectivity index (χ2v) is 9.31. The highest BCUT2D eigenvalue weighted by atomic mass is 32.2. The van der Waals surface area contributed by atoms with Gasteiger partial charge in [0.1, 0.15) is 5.78 Å². The molecule has 0 radical (unpaired) electrons. The van der Waals surface area contributed by atoms with Crippen molar-refractivity contribution < 1.29 is 13.2 Å². The molecule has 1 rings (SSSR count). The second kappa shape index (κ2) is 7.74. The van der Waals surface area contributed by atoms with Gasteiger partial charge in [0.15, 0.2) is 9.84 Å². The molecule has 3 nitrogen and oxygen atoms in total. The first-order valence-electron chi connectivity index (χ1n) is 7.50. The molecule has 0 N–H and O–H groups in total. The lowest BCUT2D eigenvalue weighted by Crippen LogP contribution is -2.30. The highest BCUT2D eigenvalue weighted by molar-refractivity contribution is 7.92. The maximum absolute atomic E-state index is 11.9. The van der Waals surface area contributed by atoms with E-state index in [1.807, 2.05) is 30.3 Å². The van der Waals surface area contributed by atoms with Crippen molar-refractivity contribution in [3.8, 4) is 0 Å². The number of unbranched alkanes of at least 4 members (excludes halogenated alkanes) is 2. The molecule has 1 aromatic carbocycles. The maximum atomic E-state index is 11.9. The molecule has 21 heavy (non-hydrogen) atoms. The molecule has 0 saturated carbocycles. The zero-order valence-electron chi connectivity index (χ0n) is 13.3. The molecule has 0 fully saturated rings. The zero-order chi connectivity index (χ0) is 15.9. The molecular weight excluding hydrogens is 284 g/mol. The first-order valence-corrected chi connectivity index (χ1v) is 9.15. The van der Waals surface area contributed by atoms with E-state index in [0.717, 1.165) is 18.4 Å². The SMILES string of the molecule is CC(C)(C)S(=O)(=O)CCCCCC(=O)Cc1ccccc1. The predicted molar refractivity (Wildman–Crippen MR) is 87.2 cm³/mol. The lowest BCUT2D eigenvalue weighted by Gasteiger charge is -2.18. The van der Waals surface area contributed by atoms with Gasteiger partial charge in [-0.1, -0.05) is 36.8 Å². The molecule has 0 aromatic heterocycles. The van der Waals surface area contributed by atoms with E-state index in [1.165, 1.54) is 0 Å². The first-order chi connectivity index (χ1) is 9.72. The van der Waals surface area contributed by atoms with Gasteiger partial charge in [-0.2, -0.15) is 0 Å². The normalized spacial score (nSPS) is 12.3. The van der Waals surface area contributed by atoms with E-state index in [2.05, 4.69) is 0 Å². The molecule has 1 aromatic rings. The average Bonchev–Trinajstić information content (AvgIpc) is 2.38. The minimum atomic E-state index is -3.03. The maximum Gasteiger partial charge on any atom is 0.155 e. The summed E-state index contributed by atoms with van der Waals surface area (Å²) in [5.41, 5.74) is 1.04. The smallest absolute Gasteiger partial charge is 0.155 e.